The first-order valence-corrected chi connectivity index (χ1v) is 13.0. The van der Waals surface area contributed by atoms with Crippen molar-refractivity contribution in [1.29, 1.82) is 0 Å². The zero-order valence-corrected chi connectivity index (χ0v) is 22.8. The lowest BCUT2D eigenvalue weighted by Crippen LogP contribution is -2.52. The second kappa shape index (κ2) is 14.2. The SMILES string of the molecule is CC(C)=CCC/C(C)=C/C[C@H](O)/C(C)=C\CC[C@@]1(C)[C@H](CCCO)/C(=C(\C)C=O)CC[C@]1(C)O. The van der Waals surface area contributed by atoms with E-state index in [-0.39, 0.29) is 12.5 Å². The summed E-state index contributed by atoms with van der Waals surface area (Å²) in [6, 6.07) is 0. The normalized spacial score (nSPS) is 28.5. The molecular weight excluding hydrogens is 424 g/mol. The van der Waals surface area contributed by atoms with Gasteiger partial charge in [-0.3, -0.25) is 4.79 Å². The molecule has 4 heteroatoms. The number of aliphatic hydroxyl groups excluding tert-OH is 2. The van der Waals surface area contributed by atoms with Crippen molar-refractivity contribution in [3.8, 4) is 0 Å². The molecule has 0 bridgehead atoms. The van der Waals surface area contributed by atoms with Gasteiger partial charge in [-0.1, -0.05) is 41.9 Å². The van der Waals surface area contributed by atoms with Gasteiger partial charge >= 0.3 is 0 Å². The van der Waals surface area contributed by atoms with Gasteiger partial charge in [-0.2, -0.15) is 0 Å². The van der Waals surface area contributed by atoms with Crippen molar-refractivity contribution in [1.82, 2.24) is 0 Å². The fourth-order valence-corrected chi connectivity index (χ4v) is 5.30. The number of carbonyl (C=O) groups is 1. The molecule has 0 aromatic carbocycles. The Kier molecular flexibility index (Phi) is 12.7. The quantitative estimate of drug-likeness (QED) is 0.159. The highest BCUT2D eigenvalue weighted by Gasteiger charge is 2.52. The molecular formula is C30H50O4. The number of rotatable bonds is 13. The van der Waals surface area contributed by atoms with Crippen molar-refractivity contribution in [3.63, 3.8) is 0 Å². The Morgan fingerprint density at radius 3 is 2.35 bits per heavy atom. The van der Waals surface area contributed by atoms with E-state index in [9.17, 15) is 20.1 Å². The van der Waals surface area contributed by atoms with E-state index in [1.807, 2.05) is 20.8 Å². The molecule has 0 heterocycles. The summed E-state index contributed by atoms with van der Waals surface area (Å²) in [5, 5.41) is 31.5. The molecule has 0 aromatic rings. The van der Waals surface area contributed by atoms with Gasteiger partial charge in [0.15, 0.2) is 0 Å². The van der Waals surface area contributed by atoms with Crippen molar-refractivity contribution in [2.24, 2.45) is 11.3 Å². The summed E-state index contributed by atoms with van der Waals surface area (Å²) < 4.78 is 0. The second-order valence-electron chi connectivity index (χ2n) is 11.0. The molecule has 1 aliphatic carbocycles. The van der Waals surface area contributed by atoms with Crippen LogP contribution >= 0.6 is 0 Å². The maximum atomic E-state index is 11.6. The number of hydrogen-bond acceptors (Lipinski definition) is 4. The topological polar surface area (TPSA) is 77.8 Å². The number of hydrogen-bond donors (Lipinski definition) is 3. The molecule has 0 aromatic heterocycles. The molecule has 0 saturated heterocycles. The summed E-state index contributed by atoms with van der Waals surface area (Å²) in [6.45, 7) is 14.3. The molecule has 4 nitrogen and oxygen atoms in total. The van der Waals surface area contributed by atoms with Crippen LogP contribution in [-0.4, -0.2) is 39.9 Å². The molecule has 0 amide bonds. The van der Waals surface area contributed by atoms with Crippen LogP contribution in [0.5, 0.6) is 0 Å². The van der Waals surface area contributed by atoms with Crippen LogP contribution in [0, 0.1) is 11.3 Å². The highest BCUT2D eigenvalue weighted by atomic mass is 16.3. The van der Waals surface area contributed by atoms with Gasteiger partial charge in [0, 0.05) is 12.0 Å². The summed E-state index contributed by atoms with van der Waals surface area (Å²) in [7, 11) is 0. The molecule has 1 aliphatic rings. The minimum atomic E-state index is -0.856. The molecule has 1 fully saturated rings. The molecule has 4 atom stereocenters. The molecule has 0 spiro atoms. The Morgan fingerprint density at radius 1 is 1.09 bits per heavy atom. The van der Waals surface area contributed by atoms with Gasteiger partial charge in [-0.05, 0) is 116 Å². The fourth-order valence-electron chi connectivity index (χ4n) is 5.30. The Balaban J connectivity index is 2.92. The number of aliphatic hydroxyl groups is 3. The lowest BCUT2D eigenvalue weighted by molar-refractivity contribution is -0.115. The summed E-state index contributed by atoms with van der Waals surface area (Å²) >= 11 is 0. The van der Waals surface area contributed by atoms with Crippen LogP contribution in [0.2, 0.25) is 0 Å². The largest absolute Gasteiger partial charge is 0.396 e. The van der Waals surface area contributed by atoms with Crippen molar-refractivity contribution >= 4 is 6.29 Å². The predicted molar refractivity (Wildman–Crippen MR) is 143 cm³/mol. The third-order valence-corrected chi connectivity index (χ3v) is 8.07. The Bertz CT molecular complexity index is 780. The zero-order valence-electron chi connectivity index (χ0n) is 22.8. The van der Waals surface area contributed by atoms with E-state index in [1.54, 1.807) is 0 Å². The first-order chi connectivity index (χ1) is 15.9. The smallest absolute Gasteiger partial charge is 0.145 e. The highest BCUT2D eigenvalue weighted by molar-refractivity contribution is 5.74. The van der Waals surface area contributed by atoms with Crippen molar-refractivity contribution in [3.05, 3.63) is 46.1 Å². The van der Waals surface area contributed by atoms with E-state index in [2.05, 4.69) is 45.9 Å². The molecule has 0 unspecified atom stereocenters. The van der Waals surface area contributed by atoms with Gasteiger partial charge in [0.25, 0.3) is 0 Å². The first-order valence-electron chi connectivity index (χ1n) is 13.0. The van der Waals surface area contributed by atoms with E-state index in [0.29, 0.717) is 19.3 Å². The van der Waals surface area contributed by atoms with Crippen molar-refractivity contribution in [2.75, 3.05) is 6.61 Å². The second-order valence-corrected chi connectivity index (χ2v) is 11.0. The van der Waals surface area contributed by atoms with Crippen LogP contribution < -0.4 is 0 Å². The molecule has 1 rings (SSSR count). The van der Waals surface area contributed by atoms with Gasteiger partial charge in [0.1, 0.15) is 6.29 Å². The van der Waals surface area contributed by atoms with E-state index < -0.39 is 17.1 Å². The van der Waals surface area contributed by atoms with Gasteiger partial charge in [0.2, 0.25) is 0 Å². The standard InChI is InChI=1S/C30H50O4/c1-22(2)11-8-12-23(3)15-16-28(33)24(4)13-9-18-29(6)27(14-10-20-31)26(25(5)21-32)17-19-30(29,7)34/h11,13,15,21,27-28,31,33-34H,8-10,12,14,16-20H2,1-7H3/b23-15+,24-13-,26-25+/t27-,28+,29+,30+/m1/s1. The van der Waals surface area contributed by atoms with Gasteiger partial charge < -0.3 is 15.3 Å². The number of allylic oxidation sites excluding steroid dienone is 6. The van der Waals surface area contributed by atoms with Crippen LogP contribution in [0.3, 0.4) is 0 Å². The van der Waals surface area contributed by atoms with Crippen LogP contribution in [0.15, 0.2) is 46.1 Å². The number of carbonyl (C=O) groups excluding carboxylic acids is 1. The molecule has 0 radical (unpaired) electrons. The molecule has 194 valence electrons. The van der Waals surface area contributed by atoms with Crippen molar-refractivity contribution in [2.45, 2.75) is 118 Å². The summed E-state index contributed by atoms with van der Waals surface area (Å²) in [5.41, 5.74) is 4.21. The van der Waals surface area contributed by atoms with Crippen LogP contribution in [-0.2, 0) is 4.79 Å². The van der Waals surface area contributed by atoms with Crippen LogP contribution in [0.25, 0.3) is 0 Å². The molecule has 0 aliphatic heterocycles. The lowest BCUT2D eigenvalue weighted by atomic mass is 9.54. The van der Waals surface area contributed by atoms with E-state index >= 15 is 0 Å². The number of aldehydes is 1. The van der Waals surface area contributed by atoms with Crippen molar-refractivity contribution < 1.29 is 20.1 Å². The molecule has 34 heavy (non-hydrogen) atoms. The van der Waals surface area contributed by atoms with E-state index in [0.717, 1.165) is 61.5 Å². The summed E-state index contributed by atoms with van der Waals surface area (Å²) in [4.78, 5) is 11.6. The lowest BCUT2D eigenvalue weighted by Gasteiger charge is -2.53. The fraction of sp³-hybridized carbons (Fsp3) is 0.700. The Hall–Kier alpha value is -1.49. The first kappa shape index (κ1) is 30.5. The third-order valence-electron chi connectivity index (χ3n) is 8.07. The average Bonchev–Trinajstić information content (AvgIpc) is 2.77. The maximum absolute atomic E-state index is 11.6. The molecule has 1 saturated carbocycles. The van der Waals surface area contributed by atoms with E-state index in [1.165, 1.54) is 11.1 Å². The van der Waals surface area contributed by atoms with Gasteiger partial charge in [-0.25, -0.2) is 0 Å². The average molecular weight is 475 g/mol. The monoisotopic (exact) mass is 474 g/mol. The summed E-state index contributed by atoms with van der Waals surface area (Å²) in [6.07, 6.45) is 13.8. The van der Waals surface area contributed by atoms with Crippen LogP contribution in [0.1, 0.15) is 106 Å². The van der Waals surface area contributed by atoms with Gasteiger partial charge in [-0.15, -0.1) is 0 Å². The third kappa shape index (κ3) is 8.62. The minimum Gasteiger partial charge on any atom is -0.396 e. The van der Waals surface area contributed by atoms with E-state index in [4.69, 9.17) is 0 Å². The Labute approximate surface area is 208 Å². The highest BCUT2D eigenvalue weighted by Crippen LogP contribution is 2.55. The van der Waals surface area contributed by atoms with Gasteiger partial charge in [0.05, 0.1) is 11.7 Å². The minimum absolute atomic E-state index is 0.0543. The Morgan fingerprint density at radius 2 is 1.76 bits per heavy atom. The predicted octanol–water partition coefficient (Wildman–Crippen LogP) is 6.61. The summed E-state index contributed by atoms with van der Waals surface area (Å²) in [5.74, 6) is 0.0543. The van der Waals surface area contributed by atoms with Crippen LogP contribution in [0.4, 0.5) is 0 Å². The zero-order chi connectivity index (χ0) is 25.9. The molecule has 3 N–H and O–H groups in total. The maximum Gasteiger partial charge on any atom is 0.145 e.